The quantitative estimate of drug-likeness (QED) is 0.782. The van der Waals surface area contributed by atoms with Crippen molar-refractivity contribution >= 4 is 5.91 Å². The lowest BCUT2D eigenvalue weighted by atomic mass is 10.2. The Hall–Kier alpha value is -2.28. The molecular formula is C16H21FN4O2. The highest BCUT2D eigenvalue weighted by Crippen LogP contribution is 2.10. The number of nitrogens with zero attached hydrogens (tertiary/aromatic N) is 4. The van der Waals surface area contributed by atoms with Crippen LogP contribution in [0.15, 0.2) is 30.5 Å². The fourth-order valence-electron chi connectivity index (χ4n) is 2.21. The summed E-state index contributed by atoms with van der Waals surface area (Å²) in [5, 5.41) is 7.83. The largest absolute Gasteiger partial charge is 0.383 e. The minimum atomic E-state index is -0.306. The van der Waals surface area contributed by atoms with Crippen LogP contribution in [0, 0.1) is 5.82 Å². The second-order valence-electron chi connectivity index (χ2n) is 5.48. The summed E-state index contributed by atoms with van der Waals surface area (Å²) < 4.78 is 20.2. The van der Waals surface area contributed by atoms with E-state index in [1.165, 1.54) is 16.9 Å². The van der Waals surface area contributed by atoms with Gasteiger partial charge in [0.25, 0.3) is 5.91 Å². The molecule has 0 unspecified atom stereocenters. The zero-order valence-electron chi connectivity index (χ0n) is 13.6. The number of carbonyl (C=O) groups excluding carboxylic acids is 1. The fraction of sp³-hybridized carbons (Fsp3) is 0.438. The van der Waals surface area contributed by atoms with Crippen molar-refractivity contribution < 1.29 is 13.9 Å². The number of aromatic nitrogens is 3. The number of rotatable bonds is 7. The van der Waals surface area contributed by atoms with E-state index in [0.29, 0.717) is 18.7 Å². The molecule has 124 valence electrons. The Labute approximate surface area is 134 Å². The summed E-state index contributed by atoms with van der Waals surface area (Å²) in [7, 11) is 1.59. The molecule has 0 aliphatic rings. The standard InChI is InChI=1S/C16H21FN4O2/c1-12(2)21(8-9-23-3)16(22)15-11-20(19-18-15)10-13-6-4-5-7-14(13)17/h4-7,11-12H,8-10H2,1-3H3. The molecular weight excluding hydrogens is 299 g/mol. The average Bonchev–Trinajstić information content (AvgIpc) is 2.98. The van der Waals surface area contributed by atoms with Crippen molar-refractivity contribution in [2.75, 3.05) is 20.3 Å². The van der Waals surface area contributed by atoms with Crippen LogP contribution in [0.4, 0.5) is 4.39 Å². The van der Waals surface area contributed by atoms with E-state index in [1.807, 2.05) is 13.8 Å². The Bertz CT molecular complexity index is 657. The number of hydrogen-bond acceptors (Lipinski definition) is 4. The van der Waals surface area contributed by atoms with Gasteiger partial charge in [-0.3, -0.25) is 4.79 Å². The molecule has 1 aromatic carbocycles. The Kier molecular flexibility index (Phi) is 5.81. The molecule has 0 aliphatic carbocycles. The minimum Gasteiger partial charge on any atom is -0.383 e. The van der Waals surface area contributed by atoms with E-state index < -0.39 is 0 Å². The number of amides is 1. The smallest absolute Gasteiger partial charge is 0.276 e. The molecule has 0 saturated heterocycles. The molecule has 0 radical (unpaired) electrons. The molecule has 0 fully saturated rings. The Morgan fingerprint density at radius 1 is 1.39 bits per heavy atom. The van der Waals surface area contributed by atoms with Crippen molar-refractivity contribution in [3.05, 3.63) is 47.5 Å². The first-order valence-corrected chi connectivity index (χ1v) is 7.46. The lowest BCUT2D eigenvalue weighted by molar-refractivity contribution is 0.0629. The number of methoxy groups -OCH3 is 1. The first kappa shape index (κ1) is 17.1. The van der Waals surface area contributed by atoms with Gasteiger partial charge in [0.2, 0.25) is 0 Å². The highest BCUT2D eigenvalue weighted by Gasteiger charge is 2.21. The molecule has 23 heavy (non-hydrogen) atoms. The van der Waals surface area contributed by atoms with E-state index in [-0.39, 0.29) is 30.0 Å². The van der Waals surface area contributed by atoms with Gasteiger partial charge in [0.15, 0.2) is 5.69 Å². The highest BCUT2D eigenvalue weighted by molar-refractivity contribution is 5.92. The van der Waals surface area contributed by atoms with E-state index in [4.69, 9.17) is 4.74 Å². The number of ether oxygens (including phenoxy) is 1. The summed E-state index contributed by atoms with van der Waals surface area (Å²) in [5.41, 5.74) is 0.739. The predicted octanol–water partition coefficient (Wildman–Crippen LogP) is 1.96. The first-order valence-electron chi connectivity index (χ1n) is 7.46. The van der Waals surface area contributed by atoms with E-state index in [1.54, 1.807) is 30.2 Å². The van der Waals surface area contributed by atoms with Crippen molar-refractivity contribution in [1.29, 1.82) is 0 Å². The summed E-state index contributed by atoms with van der Waals surface area (Å²) in [5.74, 6) is -0.517. The zero-order valence-corrected chi connectivity index (χ0v) is 13.6. The van der Waals surface area contributed by atoms with Crippen LogP contribution in [-0.4, -0.2) is 52.1 Å². The highest BCUT2D eigenvalue weighted by atomic mass is 19.1. The fourth-order valence-corrected chi connectivity index (χ4v) is 2.21. The van der Waals surface area contributed by atoms with Gasteiger partial charge in [-0.1, -0.05) is 23.4 Å². The molecule has 7 heteroatoms. The van der Waals surface area contributed by atoms with Gasteiger partial charge in [-0.05, 0) is 19.9 Å². The summed E-state index contributed by atoms with van der Waals surface area (Å²) in [6.45, 7) is 5.02. The Morgan fingerprint density at radius 2 is 2.13 bits per heavy atom. The van der Waals surface area contributed by atoms with Crippen LogP contribution < -0.4 is 0 Å². The molecule has 0 atom stereocenters. The third-order valence-corrected chi connectivity index (χ3v) is 3.47. The van der Waals surface area contributed by atoms with Crippen LogP contribution >= 0.6 is 0 Å². The molecule has 0 spiro atoms. The SMILES string of the molecule is COCCN(C(=O)c1cn(Cc2ccccc2F)nn1)C(C)C. The second kappa shape index (κ2) is 7.82. The maximum absolute atomic E-state index is 13.7. The zero-order chi connectivity index (χ0) is 16.8. The minimum absolute atomic E-state index is 0.0226. The molecule has 0 bridgehead atoms. The van der Waals surface area contributed by atoms with E-state index in [0.717, 1.165) is 0 Å². The Morgan fingerprint density at radius 3 is 2.78 bits per heavy atom. The van der Waals surface area contributed by atoms with Gasteiger partial charge in [0.05, 0.1) is 19.3 Å². The molecule has 2 aromatic rings. The molecule has 0 N–H and O–H groups in total. The van der Waals surface area contributed by atoms with Gasteiger partial charge < -0.3 is 9.64 Å². The van der Waals surface area contributed by atoms with E-state index >= 15 is 0 Å². The van der Waals surface area contributed by atoms with Crippen molar-refractivity contribution in [2.45, 2.75) is 26.4 Å². The van der Waals surface area contributed by atoms with Gasteiger partial charge in [0, 0.05) is 25.3 Å². The number of benzene rings is 1. The monoisotopic (exact) mass is 320 g/mol. The van der Waals surface area contributed by atoms with Crippen LogP contribution in [0.1, 0.15) is 29.9 Å². The molecule has 1 amide bonds. The predicted molar refractivity (Wildman–Crippen MR) is 83.6 cm³/mol. The number of hydrogen-bond donors (Lipinski definition) is 0. The van der Waals surface area contributed by atoms with Crippen LogP contribution in [0.25, 0.3) is 0 Å². The van der Waals surface area contributed by atoms with E-state index in [9.17, 15) is 9.18 Å². The summed E-state index contributed by atoms with van der Waals surface area (Å²) in [4.78, 5) is 14.2. The van der Waals surface area contributed by atoms with Gasteiger partial charge in [-0.25, -0.2) is 9.07 Å². The normalized spacial score (nSPS) is 11.0. The topological polar surface area (TPSA) is 60.2 Å². The number of carbonyl (C=O) groups is 1. The molecule has 2 rings (SSSR count). The van der Waals surface area contributed by atoms with Crippen molar-refractivity contribution in [1.82, 2.24) is 19.9 Å². The molecule has 1 aromatic heterocycles. The molecule has 1 heterocycles. The van der Waals surface area contributed by atoms with Gasteiger partial charge in [0.1, 0.15) is 5.82 Å². The molecule has 6 nitrogen and oxygen atoms in total. The van der Waals surface area contributed by atoms with Gasteiger partial charge >= 0.3 is 0 Å². The second-order valence-corrected chi connectivity index (χ2v) is 5.48. The molecule has 0 aliphatic heterocycles. The third-order valence-electron chi connectivity index (χ3n) is 3.47. The number of halogens is 1. The summed E-state index contributed by atoms with van der Waals surface area (Å²) in [6, 6.07) is 6.48. The third kappa shape index (κ3) is 4.35. The Balaban J connectivity index is 2.11. The van der Waals surface area contributed by atoms with Gasteiger partial charge in [-0.2, -0.15) is 0 Å². The van der Waals surface area contributed by atoms with Crippen LogP contribution in [0.3, 0.4) is 0 Å². The van der Waals surface area contributed by atoms with Crippen molar-refractivity contribution in [3.8, 4) is 0 Å². The summed E-state index contributed by atoms with van der Waals surface area (Å²) in [6.07, 6.45) is 1.54. The lowest BCUT2D eigenvalue weighted by Crippen LogP contribution is -2.39. The van der Waals surface area contributed by atoms with Crippen LogP contribution in [0.2, 0.25) is 0 Å². The molecule has 0 saturated carbocycles. The van der Waals surface area contributed by atoms with Crippen LogP contribution in [0.5, 0.6) is 0 Å². The maximum Gasteiger partial charge on any atom is 0.276 e. The summed E-state index contributed by atoms with van der Waals surface area (Å²) >= 11 is 0. The maximum atomic E-state index is 13.7. The van der Waals surface area contributed by atoms with Crippen molar-refractivity contribution in [2.24, 2.45) is 0 Å². The van der Waals surface area contributed by atoms with Gasteiger partial charge in [-0.15, -0.1) is 5.10 Å². The first-order chi connectivity index (χ1) is 11.0. The lowest BCUT2D eigenvalue weighted by Gasteiger charge is -2.25. The van der Waals surface area contributed by atoms with E-state index in [2.05, 4.69) is 10.3 Å². The van der Waals surface area contributed by atoms with Crippen LogP contribution in [-0.2, 0) is 11.3 Å². The van der Waals surface area contributed by atoms with Crippen molar-refractivity contribution in [3.63, 3.8) is 0 Å². The average molecular weight is 320 g/mol.